The number of fused-ring (bicyclic) bond motifs is 1. The van der Waals surface area contributed by atoms with Crippen LogP contribution in [0.5, 0.6) is 0 Å². The number of hydrogen-bond donors (Lipinski definition) is 3. The smallest absolute Gasteiger partial charge is 0.292 e. The Morgan fingerprint density at radius 1 is 0.959 bits per heavy atom. The summed E-state index contributed by atoms with van der Waals surface area (Å²) < 4.78 is 29.0. The van der Waals surface area contributed by atoms with Crippen molar-refractivity contribution >= 4 is 63.3 Å². The average molecular weight is 698 g/mol. The Balaban J connectivity index is 0.000000212. The molecule has 6 rings (SSSR count). The van der Waals surface area contributed by atoms with E-state index >= 15 is 0 Å². The summed E-state index contributed by atoms with van der Waals surface area (Å²) in [7, 11) is 0. The first-order chi connectivity index (χ1) is 23.6. The molecule has 0 aliphatic rings. The minimum absolute atomic E-state index is 0.102. The standard InChI is InChI=1S/C21H18FN7S.C13H11FN2O2S/c1-12(27-20-16(10-23)19(24)25-11-26-20)21-28-17-8-13(22)6-7-18(17)29(21)14-4-3-5-15(9-14)30-2;1-19-11-4-2-3-10(8-11)15-12-7-9(14)5-6-13(12)16(17)18/h3-9,11-12H,1-2H3,(H3,24,25,26,27);2-8,15H,1H3/t12-;/m0./s1. The first-order valence-electron chi connectivity index (χ1n) is 14.6. The van der Waals surface area contributed by atoms with Crippen molar-refractivity contribution in [2.45, 2.75) is 22.8 Å². The average Bonchev–Trinajstić information content (AvgIpc) is 3.47. The van der Waals surface area contributed by atoms with Crippen LogP contribution in [-0.4, -0.2) is 37.0 Å². The van der Waals surface area contributed by atoms with Crippen LogP contribution in [0.3, 0.4) is 0 Å². The molecule has 0 aliphatic carbocycles. The van der Waals surface area contributed by atoms with Crippen LogP contribution in [0.25, 0.3) is 16.7 Å². The molecule has 2 heterocycles. The third-order valence-electron chi connectivity index (χ3n) is 7.19. The summed E-state index contributed by atoms with van der Waals surface area (Å²) in [4.78, 5) is 25.1. The van der Waals surface area contributed by atoms with E-state index < -0.39 is 10.7 Å². The number of imidazole rings is 1. The second-order valence-electron chi connectivity index (χ2n) is 10.4. The van der Waals surface area contributed by atoms with Gasteiger partial charge in [-0.05, 0) is 74.0 Å². The van der Waals surface area contributed by atoms with Crippen molar-refractivity contribution in [2.75, 3.05) is 28.9 Å². The van der Waals surface area contributed by atoms with Crippen molar-refractivity contribution in [1.29, 1.82) is 5.26 Å². The molecule has 0 aliphatic heterocycles. The van der Waals surface area contributed by atoms with E-state index in [9.17, 15) is 24.2 Å². The predicted molar refractivity (Wildman–Crippen MR) is 191 cm³/mol. The monoisotopic (exact) mass is 697 g/mol. The van der Waals surface area contributed by atoms with Crippen LogP contribution in [0.1, 0.15) is 24.4 Å². The number of nitro benzene ring substituents is 1. The van der Waals surface area contributed by atoms with Crippen molar-refractivity contribution in [2.24, 2.45) is 0 Å². The maximum absolute atomic E-state index is 13.9. The number of benzene rings is 4. The molecule has 49 heavy (non-hydrogen) atoms. The molecule has 0 saturated heterocycles. The maximum Gasteiger partial charge on any atom is 0.292 e. The fourth-order valence-electron chi connectivity index (χ4n) is 4.90. The molecule has 0 saturated carbocycles. The zero-order valence-electron chi connectivity index (χ0n) is 26.4. The quantitative estimate of drug-likeness (QED) is 0.0755. The van der Waals surface area contributed by atoms with Crippen molar-refractivity contribution in [3.8, 4) is 11.8 Å². The topological polar surface area (TPSA) is 161 Å². The number of nitrogens with zero attached hydrogens (tertiary/aromatic N) is 6. The van der Waals surface area contributed by atoms with Gasteiger partial charge in [-0.25, -0.2) is 23.7 Å². The number of halogens is 2. The maximum atomic E-state index is 13.9. The number of anilines is 4. The highest BCUT2D eigenvalue weighted by molar-refractivity contribution is 7.98. The molecule has 0 fully saturated rings. The van der Waals surface area contributed by atoms with Gasteiger partial charge < -0.3 is 16.4 Å². The number of rotatable bonds is 9. The second-order valence-corrected chi connectivity index (χ2v) is 12.1. The van der Waals surface area contributed by atoms with E-state index in [1.165, 1.54) is 18.5 Å². The summed E-state index contributed by atoms with van der Waals surface area (Å²) in [6, 6.07) is 24.9. The van der Waals surface area contributed by atoms with E-state index in [1.54, 1.807) is 35.7 Å². The Labute approximate surface area is 288 Å². The van der Waals surface area contributed by atoms with Crippen LogP contribution in [0.15, 0.2) is 101 Å². The van der Waals surface area contributed by atoms with E-state index in [1.807, 2.05) is 66.5 Å². The summed E-state index contributed by atoms with van der Waals surface area (Å²) in [5.41, 5.74) is 8.86. The van der Waals surface area contributed by atoms with Gasteiger partial charge in [0, 0.05) is 39.4 Å². The highest BCUT2D eigenvalue weighted by Gasteiger charge is 2.21. The normalized spacial score (nSPS) is 11.3. The Bertz CT molecular complexity index is 2190. The van der Waals surface area contributed by atoms with E-state index in [-0.39, 0.29) is 34.6 Å². The summed E-state index contributed by atoms with van der Waals surface area (Å²) in [6.07, 6.45) is 5.24. The molecule has 11 nitrogen and oxygen atoms in total. The summed E-state index contributed by atoms with van der Waals surface area (Å²) in [6.45, 7) is 1.89. The van der Waals surface area contributed by atoms with Crippen molar-refractivity contribution < 1.29 is 13.7 Å². The van der Waals surface area contributed by atoms with Crippen LogP contribution in [0.2, 0.25) is 0 Å². The first kappa shape index (κ1) is 34.6. The van der Waals surface area contributed by atoms with Gasteiger partial charge in [-0.15, -0.1) is 23.5 Å². The summed E-state index contributed by atoms with van der Waals surface area (Å²) in [5.74, 6) is 0.196. The molecule has 4 aromatic carbocycles. The molecule has 6 aromatic rings. The molecule has 0 bridgehead atoms. The third-order valence-corrected chi connectivity index (χ3v) is 8.64. The van der Waals surface area contributed by atoms with Crippen LogP contribution in [0.4, 0.5) is 37.5 Å². The number of nitrogens with one attached hydrogen (secondary N) is 2. The van der Waals surface area contributed by atoms with Crippen LogP contribution in [-0.2, 0) is 0 Å². The lowest BCUT2D eigenvalue weighted by atomic mass is 10.2. The summed E-state index contributed by atoms with van der Waals surface area (Å²) >= 11 is 3.19. The van der Waals surface area contributed by atoms with Crippen LogP contribution < -0.4 is 16.4 Å². The van der Waals surface area contributed by atoms with E-state index in [0.29, 0.717) is 22.8 Å². The Morgan fingerprint density at radius 2 is 1.65 bits per heavy atom. The molecule has 15 heteroatoms. The zero-order valence-corrected chi connectivity index (χ0v) is 28.0. The van der Waals surface area contributed by atoms with Crippen molar-refractivity contribution in [3.05, 3.63) is 124 Å². The van der Waals surface area contributed by atoms with Gasteiger partial charge in [-0.1, -0.05) is 12.1 Å². The number of aromatic nitrogens is 4. The summed E-state index contributed by atoms with van der Waals surface area (Å²) in [5, 5.41) is 26.4. The van der Waals surface area contributed by atoms with E-state index in [2.05, 4.69) is 31.7 Å². The van der Waals surface area contributed by atoms with Crippen molar-refractivity contribution in [3.63, 3.8) is 0 Å². The molecule has 4 N–H and O–H groups in total. The van der Waals surface area contributed by atoms with Crippen LogP contribution >= 0.6 is 23.5 Å². The predicted octanol–water partition coefficient (Wildman–Crippen LogP) is 8.50. The van der Waals surface area contributed by atoms with Gasteiger partial charge in [-0.3, -0.25) is 14.7 Å². The number of thioether (sulfide) groups is 2. The largest absolute Gasteiger partial charge is 0.382 e. The zero-order chi connectivity index (χ0) is 35.1. The molecular weight excluding hydrogens is 669 g/mol. The molecule has 0 radical (unpaired) electrons. The van der Waals surface area contributed by atoms with E-state index in [0.717, 1.165) is 39.2 Å². The van der Waals surface area contributed by atoms with Crippen LogP contribution in [0, 0.1) is 33.1 Å². The Morgan fingerprint density at radius 3 is 2.37 bits per heavy atom. The second kappa shape index (κ2) is 15.5. The molecule has 0 unspecified atom stereocenters. The highest BCUT2D eigenvalue weighted by Crippen LogP contribution is 2.31. The van der Waals surface area contributed by atoms with Gasteiger partial charge in [0.2, 0.25) is 0 Å². The van der Waals surface area contributed by atoms with Gasteiger partial charge in [0.15, 0.2) is 0 Å². The molecule has 248 valence electrons. The number of nitro groups is 1. The lowest BCUT2D eigenvalue weighted by molar-refractivity contribution is -0.384. The van der Waals surface area contributed by atoms with Crippen molar-refractivity contribution in [1.82, 2.24) is 19.5 Å². The minimum Gasteiger partial charge on any atom is -0.382 e. The highest BCUT2D eigenvalue weighted by atomic mass is 32.2. The Hall–Kier alpha value is -5.72. The molecule has 0 amide bonds. The van der Waals surface area contributed by atoms with Gasteiger partial charge in [0.1, 0.15) is 52.7 Å². The molecule has 2 aromatic heterocycles. The van der Waals surface area contributed by atoms with Gasteiger partial charge >= 0.3 is 0 Å². The fraction of sp³-hybridized carbons (Fsp3) is 0.118. The number of nitrogens with two attached hydrogens (primary N) is 1. The van der Waals surface area contributed by atoms with Gasteiger partial charge in [0.25, 0.3) is 5.69 Å². The SMILES string of the molecule is CSc1cccc(-n2c([C@H](C)Nc3ncnc(N)c3C#N)nc3cc(F)ccc32)c1.CSc1cccc(Nc2cc(F)ccc2[N+](=O)[O-])c1. The third kappa shape index (κ3) is 8.06. The lowest BCUT2D eigenvalue weighted by Gasteiger charge is -2.18. The molecule has 0 spiro atoms. The number of nitriles is 1. The van der Waals surface area contributed by atoms with Gasteiger partial charge in [-0.2, -0.15) is 5.26 Å². The lowest BCUT2D eigenvalue weighted by Crippen LogP contribution is -2.15. The fourth-order valence-corrected chi connectivity index (χ4v) is 5.81. The Kier molecular flexibility index (Phi) is 10.9. The number of hydrogen-bond acceptors (Lipinski definition) is 11. The van der Waals surface area contributed by atoms with E-state index in [4.69, 9.17) is 5.73 Å². The minimum atomic E-state index is -0.541. The van der Waals surface area contributed by atoms with Gasteiger partial charge in [0.05, 0.1) is 22.0 Å². The first-order valence-corrected chi connectivity index (χ1v) is 17.0. The number of nitrogen functional groups attached to an aromatic ring is 1. The molecule has 1 atom stereocenters. The molecular formula is C34H29F2N9O2S2.